The van der Waals surface area contributed by atoms with Crippen LogP contribution in [0.4, 0.5) is 11.4 Å². The maximum absolute atomic E-state index is 11.0. The molecule has 0 radical (unpaired) electrons. The first-order valence-corrected chi connectivity index (χ1v) is 7.93. The fourth-order valence-electron chi connectivity index (χ4n) is 2.89. The third-order valence-corrected chi connectivity index (χ3v) is 4.23. The third-order valence-electron chi connectivity index (χ3n) is 4.23. The molecule has 0 saturated heterocycles. The normalized spacial score (nSPS) is 16.6. The van der Waals surface area contributed by atoms with E-state index in [1.807, 2.05) is 18.0 Å². The highest BCUT2D eigenvalue weighted by Crippen LogP contribution is 2.36. The Hall–Kier alpha value is -3.22. The van der Waals surface area contributed by atoms with Gasteiger partial charge in [0.2, 0.25) is 0 Å². The smallest absolute Gasteiger partial charge is 0.335 e. The molecular weight excluding hydrogens is 322 g/mol. The number of nitro benzene ring substituents is 1. The number of anilines is 1. The van der Waals surface area contributed by atoms with Crippen molar-refractivity contribution >= 4 is 23.1 Å². The molecule has 0 aromatic heterocycles. The van der Waals surface area contributed by atoms with Crippen molar-refractivity contribution in [2.24, 2.45) is 5.10 Å². The molecule has 25 heavy (non-hydrogen) atoms. The highest BCUT2D eigenvalue weighted by atomic mass is 16.6. The quantitative estimate of drug-likeness (QED) is 0.656. The van der Waals surface area contributed by atoms with Gasteiger partial charge in [0.1, 0.15) is 0 Å². The van der Waals surface area contributed by atoms with Gasteiger partial charge in [-0.2, -0.15) is 5.10 Å². The van der Waals surface area contributed by atoms with Crippen molar-refractivity contribution in [1.29, 1.82) is 0 Å². The first kappa shape index (κ1) is 16.6. The van der Waals surface area contributed by atoms with Crippen molar-refractivity contribution in [3.05, 3.63) is 69.8 Å². The van der Waals surface area contributed by atoms with Crippen molar-refractivity contribution in [3.63, 3.8) is 0 Å². The summed E-state index contributed by atoms with van der Waals surface area (Å²) in [6.07, 6.45) is 1.47. The van der Waals surface area contributed by atoms with Crippen molar-refractivity contribution in [1.82, 2.24) is 0 Å². The Balaban J connectivity index is 1.97. The van der Waals surface area contributed by atoms with E-state index in [1.165, 1.54) is 18.2 Å². The molecule has 0 fully saturated rings. The molecule has 1 N–H and O–H groups in total. The fourth-order valence-corrected chi connectivity index (χ4v) is 2.89. The number of aromatic carboxylic acids is 1. The molecule has 2 aromatic rings. The van der Waals surface area contributed by atoms with Gasteiger partial charge in [0, 0.05) is 24.3 Å². The van der Waals surface area contributed by atoms with Crippen LogP contribution in [0.15, 0.2) is 53.6 Å². The van der Waals surface area contributed by atoms with Crippen LogP contribution >= 0.6 is 0 Å². The summed E-state index contributed by atoms with van der Waals surface area (Å²) in [7, 11) is 0. The number of benzene rings is 2. The van der Waals surface area contributed by atoms with Gasteiger partial charge in [0.05, 0.1) is 22.2 Å². The lowest BCUT2D eigenvalue weighted by Gasteiger charge is -2.24. The average Bonchev–Trinajstić information content (AvgIpc) is 3.06. The monoisotopic (exact) mass is 339 g/mol. The lowest BCUT2D eigenvalue weighted by molar-refractivity contribution is -0.384. The molecule has 2 aromatic carbocycles. The molecule has 0 saturated carbocycles. The Morgan fingerprint density at radius 1 is 1.32 bits per heavy atom. The number of nitrogens with zero attached hydrogens (tertiary/aromatic N) is 3. The van der Waals surface area contributed by atoms with E-state index in [0.717, 1.165) is 23.4 Å². The van der Waals surface area contributed by atoms with Gasteiger partial charge in [-0.3, -0.25) is 15.1 Å². The third kappa shape index (κ3) is 3.35. The zero-order chi connectivity index (χ0) is 18.0. The second-order valence-electron chi connectivity index (χ2n) is 5.79. The van der Waals surface area contributed by atoms with Gasteiger partial charge in [-0.15, -0.1) is 0 Å². The lowest BCUT2D eigenvalue weighted by atomic mass is 10.00. The van der Waals surface area contributed by atoms with Crippen LogP contribution in [0, 0.1) is 10.1 Å². The van der Waals surface area contributed by atoms with E-state index < -0.39 is 10.9 Å². The summed E-state index contributed by atoms with van der Waals surface area (Å²) >= 11 is 0. The number of carboxylic acids is 1. The van der Waals surface area contributed by atoms with E-state index in [9.17, 15) is 14.9 Å². The number of carboxylic acid groups (broad SMARTS) is 1. The van der Waals surface area contributed by atoms with E-state index in [1.54, 1.807) is 24.3 Å². The number of hydrazone groups is 1. The summed E-state index contributed by atoms with van der Waals surface area (Å²) in [4.78, 5) is 21.7. The summed E-state index contributed by atoms with van der Waals surface area (Å²) in [5, 5.41) is 26.5. The SMILES string of the molecule is CCC1=NN(c2ccc(C(=O)O)cc2)C(c2cccc([N+](=O)[O-])c2)C1. The fraction of sp³-hybridized carbons (Fsp3) is 0.222. The summed E-state index contributed by atoms with van der Waals surface area (Å²) in [6, 6.07) is 12.9. The van der Waals surface area contributed by atoms with Gasteiger partial charge >= 0.3 is 5.97 Å². The minimum absolute atomic E-state index is 0.0450. The van der Waals surface area contributed by atoms with E-state index in [0.29, 0.717) is 6.42 Å². The molecule has 0 amide bonds. The number of hydrogen-bond acceptors (Lipinski definition) is 5. The van der Waals surface area contributed by atoms with Crippen LogP contribution in [-0.2, 0) is 0 Å². The van der Waals surface area contributed by atoms with Crippen LogP contribution in [-0.4, -0.2) is 21.7 Å². The highest BCUT2D eigenvalue weighted by molar-refractivity contribution is 5.90. The molecule has 1 aliphatic rings. The van der Waals surface area contributed by atoms with Crippen molar-refractivity contribution in [3.8, 4) is 0 Å². The molecule has 1 unspecified atom stereocenters. The van der Waals surface area contributed by atoms with Crippen LogP contribution in [0.1, 0.15) is 41.7 Å². The van der Waals surface area contributed by atoms with Gasteiger partial charge in [-0.05, 0) is 36.2 Å². The largest absolute Gasteiger partial charge is 0.478 e. The lowest BCUT2D eigenvalue weighted by Crippen LogP contribution is -2.18. The van der Waals surface area contributed by atoms with Gasteiger partial charge in [-0.1, -0.05) is 19.1 Å². The molecule has 7 nitrogen and oxygen atoms in total. The average molecular weight is 339 g/mol. The van der Waals surface area contributed by atoms with E-state index in [-0.39, 0.29) is 17.3 Å². The molecule has 7 heteroatoms. The summed E-state index contributed by atoms with van der Waals surface area (Å²) < 4.78 is 0. The number of rotatable bonds is 5. The molecular formula is C18H17N3O4. The molecule has 0 bridgehead atoms. The maximum Gasteiger partial charge on any atom is 0.335 e. The van der Waals surface area contributed by atoms with E-state index in [2.05, 4.69) is 5.10 Å². The summed E-state index contributed by atoms with van der Waals surface area (Å²) in [6.45, 7) is 2.01. The predicted octanol–water partition coefficient (Wildman–Crippen LogP) is 4.01. The Labute approximate surface area is 144 Å². The molecule has 0 aliphatic carbocycles. The molecule has 1 heterocycles. The van der Waals surface area contributed by atoms with Gasteiger partial charge < -0.3 is 5.11 Å². The van der Waals surface area contributed by atoms with Gasteiger partial charge in [-0.25, -0.2) is 4.79 Å². The van der Waals surface area contributed by atoms with Crippen LogP contribution in [0.2, 0.25) is 0 Å². The Morgan fingerprint density at radius 2 is 2.04 bits per heavy atom. The second kappa shape index (κ2) is 6.72. The molecule has 0 spiro atoms. The van der Waals surface area contributed by atoms with E-state index >= 15 is 0 Å². The Bertz CT molecular complexity index is 846. The minimum Gasteiger partial charge on any atom is -0.478 e. The Kier molecular flexibility index (Phi) is 4.47. The summed E-state index contributed by atoms with van der Waals surface area (Å²) in [5.41, 5.74) is 2.81. The van der Waals surface area contributed by atoms with Gasteiger partial charge in [0.15, 0.2) is 0 Å². The first-order chi connectivity index (χ1) is 12.0. The molecule has 1 atom stereocenters. The second-order valence-corrected chi connectivity index (χ2v) is 5.79. The van der Waals surface area contributed by atoms with Crippen LogP contribution in [0.3, 0.4) is 0 Å². The van der Waals surface area contributed by atoms with E-state index in [4.69, 9.17) is 5.11 Å². The van der Waals surface area contributed by atoms with Crippen molar-refractivity contribution in [2.45, 2.75) is 25.8 Å². The van der Waals surface area contributed by atoms with Crippen molar-refractivity contribution in [2.75, 3.05) is 5.01 Å². The predicted molar refractivity (Wildman–Crippen MR) is 94.1 cm³/mol. The maximum atomic E-state index is 11.0. The topological polar surface area (TPSA) is 96.0 Å². The van der Waals surface area contributed by atoms with Crippen LogP contribution in [0.25, 0.3) is 0 Å². The molecule has 128 valence electrons. The number of hydrogen-bond donors (Lipinski definition) is 1. The molecule has 1 aliphatic heterocycles. The van der Waals surface area contributed by atoms with Gasteiger partial charge in [0.25, 0.3) is 5.69 Å². The number of carbonyl (C=O) groups is 1. The standard InChI is InChI=1S/C18H17N3O4/c1-2-14-11-17(13-4-3-5-16(10-13)21(24)25)20(19-14)15-8-6-12(7-9-15)18(22)23/h3-10,17H,2,11H2,1H3,(H,22,23). The summed E-state index contributed by atoms with van der Waals surface area (Å²) in [5.74, 6) is -0.985. The first-order valence-electron chi connectivity index (χ1n) is 7.93. The number of non-ortho nitro benzene ring substituents is 1. The van der Waals surface area contributed by atoms with Crippen LogP contribution in [0.5, 0.6) is 0 Å². The zero-order valence-electron chi connectivity index (χ0n) is 13.6. The molecule has 3 rings (SSSR count). The zero-order valence-corrected chi connectivity index (χ0v) is 13.6. The van der Waals surface area contributed by atoms with Crippen molar-refractivity contribution < 1.29 is 14.8 Å². The minimum atomic E-state index is -0.985. The number of nitro groups is 1. The van der Waals surface area contributed by atoms with Crippen LogP contribution < -0.4 is 5.01 Å². The highest BCUT2D eigenvalue weighted by Gasteiger charge is 2.29. The Morgan fingerprint density at radius 3 is 2.64 bits per heavy atom.